The van der Waals surface area contributed by atoms with E-state index in [1.54, 1.807) is 0 Å². The molecule has 0 spiro atoms. The second-order valence-electron chi connectivity index (χ2n) is 2.17. The Kier molecular flexibility index (Phi) is 6.38. The number of carbonyl (C=O) groups is 1. The number of hydrogen-bond donors (Lipinski definition) is 0. The van der Waals surface area contributed by atoms with Crippen LogP contribution >= 0.6 is 46.4 Å². The van der Waals surface area contributed by atoms with Crippen molar-refractivity contribution in [1.29, 1.82) is 0 Å². The Bertz CT molecular complexity index is 171. The molecule has 0 bridgehead atoms. The van der Waals surface area contributed by atoms with Crippen LogP contribution in [-0.2, 0) is 9.53 Å². The Balaban J connectivity index is 3.60. The average molecular weight is 272 g/mol. The molecule has 1 unspecified atom stereocenters. The zero-order valence-electron chi connectivity index (χ0n) is 6.40. The van der Waals surface area contributed by atoms with Crippen molar-refractivity contribution in [1.82, 2.24) is 0 Å². The second kappa shape index (κ2) is 6.12. The monoisotopic (exact) mass is 270 g/mol. The maximum atomic E-state index is 12.4. The van der Waals surface area contributed by atoms with E-state index in [1.807, 2.05) is 0 Å². The molecular formula is C6H7Cl4FO2. The second-order valence-corrected chi connectivity index (χ2v) is 4.33. The third-order valence-electron chi connectivity index (χ3n) is 1.06. The molecular weight excluding hydrogens is 265 g/mol. The molecule has 0 N–H and O–H groups in total. The maximum Gasteiger partial charge on any atom is 0.376 e. The van der Waals surface area contributed by atoms with Crippen molar-refractivity contribution in [2.24, 2.45) is 0 Å². The highest BCUT2D eigenvalue weighted by molar-refractivity contribution is 6.56. The molecule has 78 valence electrons. The smallest absolute Gasteiger partial charge is 0.376 e. The molecule has 0 aromatic heterocycles. The van der Waals surface area contributed by atoms with Gasteiger partial charge >= 0.3 is 10.6 Å². The van der Waals surface area contributed by atoms with Crippen molar-refractivity contribution in [2.45, 2.75) is 16.4 Å². The minimum absolute atomic E-state index is 0.0647. The van der Waals surface area contributed by atoms with Crippen LogP contribution in [0.1, 0.15) is 6.42 Å². The normalized spacial score (nSPS) is 13.9. The van der Waals surface area contributed by atoms with Gasteiger partial charge in [0.2, 0.25) is 0 Å². The molecule has 0 rings (SSSR count). The highest BCUT2D eigenvalue weighted by Crippen LogP contribution is 2.24. The molecule has 2 nitrogen and oxygen atoms in total. The molecule has 0 radical (unpaired) electrons. The number of rotatable bonds is 5. The van der Waals surface area contributed by atoms with E-state index in [9.17, 15) is 9.18 Å². The van der Waals surface area contributed by atoms with Crippen LogP contribution in [0.2, 0.25) is 0 Å². The predicted molar refractivity (Wildman–Crippen MR) is 51.5 cm³/mol. The molecule has 0 aromatic carbocycles. The van der Waals surface area contributed by atoms with Crippen LogP contribution in [0.15, 0.2) is 0 Å². The lowest BCUT2D eigenvalue weighted by atomic mass is 10.3. The van der Waals surface area contributed by atoms with Crippen molar-refractivity contribution in [3.8, 4) is 0 Å². The summed E-state index contributed by atoms with van der Waals surface area (Å²) in [7, 11) is 0. The Morgan fingerprint density at radius 3 is 2.46 bits per heavy atom. The summed E-state index contributed by atoms with van der Waals surface area (Å²) in [5.74, 6) is -1.11. The Labute approximate surface area is 95.2 Å². The largest absolute Gasteiger partial charge is 0.461 e. The summed E-state index contributed by atoms with van der Waals surface area (Å²) in [5.41, 5.74) is 0. The molecule has 0 aromatic rings. The van der Waals surface area contributed by atoms with Gasteiger partial charge in [-0.3, -0.25) is 0 Å². The van der Waals surface area contributed by atoms with Crippen molar-refractivity contribution in [3.63, 3.8) is 0 Å². The molecule has 0 saturated heterocycles. The minimum atomic E-state index is -3.00. The van der Waals surface area contributed by atoms with Crippen molar-refractivity contribution in [3.05, 3.63) is 0 Å². The van der Waals surface area contributed by atoms with E-state index in [0.29, 0.717) is 6.42 Å². The lowest BCUT2D eigenvalue weighted by Gasteiger charge is -2.10. The van der Waals surface area contributed by atoms with Gasteiger partial charge in [0.1, 0.15) is 0 Å². The first-order valence-electron chi connectivity index (χ1n) is 3.32. The zero-order chi connectivity index (χ0) is 10.5. The molecule has 0 fully saturated rings. The van der Waals surface area contributed by atoms with E-state index in [4.69, 9.17) is 46.4 Å². The fourth-order valence-electron chi connectivity index (χ4n) is 0.438. The Morgan fingerprint density at radius 2 is 2.08 bits per heavy atom. The molecule has 0 saturated carbocycles. The molecule has 0 heterocycles. The predicted octanol–water partition coefficient (Wildman–Crippen LogP) is 2.87. The third kappa shape index (κ3) is 6.61. The summed E-state index contributed by atoms with van der Waals surface area (Å²) in [6.45, 7) is -0.0647. The van der Waals surface area contributed by atoms with Crippen LogP contribution in [0.4, 0.5) is 4.39 Å². The number of alkyl halides is 5. The molecule has 0 aliphatic rings. The van der Waals surface area contributed by atoms with Gasteiger partial charge in [-0.25, -0.2) is 4.79 Å². The van der Waals surface area contributed by atoms with E-state index in [2.05, 4.69) is 4.74 Å². The summed E-state index contributed by atoms with van der Waals surface area (Å²) in [5, 5.41) is -0.325. The van der Waals surface area contributed by atoms with Crippen LogP contribution in [-0.4, -0.2) is 28.4 Å². The molecule has 13 heavy (non-hydrogen) atoms. The van der Waals surface area contributed by atoms with Crippen molar-refractivity contribution >= 4 is 52.4 Å². The van der Waals surface area contributed by atoms with Crippen LogP contribution in [0.25, 0.3) is 0 Å². The van der Waals surface area contributed by atoms with Gasteiger partial charge in [-0.05, 0) is 6.42 Å². The lowest BCUT2D eigenvalue weighted by Crippen LogP contribution is -2.24. The number of halogens is 5. The van der Waals surface area contributed by atoms with Gasteiger partial charge in [-0.15, -0.1) is 23.2 Å². The van der Waals surface area contributed by atoms with Crippen molar-refractivity contribution < 1.29 is 13.9 Å². The number of carbonyl (C=O) groups excluding carboxylic acids is 1. The van der Waals surface area contributed by atoms with Gasteiger partial charge in [0.25, 0.3) is 0 Å². The number of esters is 1. The quantitative estimate of drug-likeness (QED) is 0.568. The van der Waals surface area contributed by atoms with E-state index >= 15 is 0 Å². The first-order valence-corrected chi connectivity index (χ1v) is 5.04. The fraction of sp³-hybridized carbons (Fsp3) is 0.833. The van der Waals surface area contributed by atoms with Gasteiger partial charge in [0, 0.05) is 5.88 Å². The van der Waals surface area contributed by atoms with Crippen molar-refractivity contribution in [2.75, 3.05) is 12.5 Å². The van der Waals surface area contributed by atoms with Crippen LogP contribution in [0.5, 0.6) is 0 Å². The highest BCUT2D eigenvalue weighted by atomic mass is 35.5. The van der Waals surface area contributed by atoms with Crippen LogP contribution in [0.3, 0.4) is 0 Å². The summed E-state index contributed by atoms with van der Waals surface area (Å²) in [6.07, 6.45) is 0.320. The van der Waals surface area contributed by atoms with E-state index in [1.165, 1.54) is 0 Å². The highest BCUT2D eigenvalue weighted by Gasteiger charge is 2.35. The molecule has 0 aliphatic heterocycles. The van der Waals surface area contributed by atoms with Crippen LogP contribution < -0.4 is 0 Å². The summed E-state index contributed by atoms with van der Waals surface area (Å²) >= 11 is 20.5. The van der Waals surface area contributed by atoms with Gasteiger partial charge in [0.05, 0.1) is 12.0 Å². The third-order valence-corrected chi connectivity index (χ3v) is 2.27. The Hall–Kier alpha value is 0.560. The number of ether oxygens (including phenoxy) is 1. The topological polar surface area (TPSA) is 26.3 Å². The standard InChI is InChI=1S/C6H7Cl4FO2/c7-3-4(8)1-2-13-5(12)6(9,10)11/h4H,1-3H2. The first-order chi connectivity index (χ1) is 5.88. The average Bonchev–Trinajstić information content (AvgIpc) is 2.02. The van der Waals surface area contributed by atoms with E-state index < -0.39 is 10.6 Å². The van der Waals surface area contributed by atoms with Gasteiger partial charge in [-0.2, -0.15) is 4.39 Å². The molecule has 1 atom stereocenters. The van der Waals surface area contributed by atoms with Crippen LogP contribution in [0, 0.1) is 0 Å². The van der Waals surface area contributed by atoms with E-state index in [0.717, 1.165) is 0 Å². The number of hydrogen-bond acceptors (Lipinski definition) is 2. The molecule has 7 heteroatoms. The summed E-state index contributed by atoms with van der Waals surface area (Å²) in [6, 6.07) is 0. The minimum Gasteiger partial charge on any atom is -0.461 e. The SMILES string of the molecule is O=C(OCCC(Cl)CCl)C(F)(Cl)Cl. The van der Waals surface area contributed by atoms with Gasteiger partial charge in [0.15, 0.2) is 0 Å². The fourth-order valence-corrected chi connectivity index (χ4v) is 0.791. The molecule has 0 amide bonds. The zero-order valence-corrected chi connectivity index (χ0v) is 9.43. The summed E-state index contributed by atoms with van der Waals surface area (Å²) in [4.78, 5) is 10.6. The maximum absolute atomic E-state index is 12.4. The lowest BCUT2D eigenvalue weighted by molar-refractivity contribution is -0.148. The van der Waals surface area contributed by atoms with Gasteiger partial charge < -0.3 is 4.74 Å². The van der Waals surface area contributed by atoms with Gasteiger partial charge in [-0.1, -0.05) is 23.2 Å². The molecule has 0 aliphatic carbocycles. The van der Waals surface area contributed by atoms with E-state index in [-0.39, 0.29) is 17.9 Å². The summed E-state index contributed by atoms with van der Waals surface area (Å²) < 4.78 is 13.7. The Morgan fingerprint density at radius 1 is 1.54 bits per heavy atom. The first kappa shape index (κ1) is 13.6.